The van der Waals surface area contributed by atoms with E-state index in [0.29, 0.717) is 0 Å². The van der Waals surface area contributed by atoms with Gasteiger partial charge in [-0.05, 0) is 10.8 Å². The molecule has 0 aromatic rings. The Hall–Kier alpha value is -0.700. The second-order valence-corrected chi connectivity index (χ2v) is 3.67. The molecule has 3 heteroatoms. The van der Waals surface area contributed by atoms with Gasteiger partial charge in [-0.2, -0.15) is 0 Å². The standard InChI is InChI=1S/C6H9NOS/c8-7-3-6-9-4-1-2-5-9/h1-5,8-9H,6H2. The molecule has 9 heavy (non-hydrogen) atoms. The molecule has 1 aliphatic heterocycles. The van der Waals surface area contributed by atoms with E-state index in [9.17, 15) is 0 Å². The van der Waals surface area contributed by atoms with Crippen LogP contribution in [0.15, 0.2) is 28.1 Å². The van der Waals surface area contributed by atoms with Gasteiger partial charge in [-0.15, -0.1) is 5.16 Å². The van der Waals surface area contributed by atoms with Crippen molar-refractivity contribution < 1.29 is 5.21 Å². The summed E-state index contributed by atoms with van der Waals surface area (Å²) in [5, 5.41) is 15.3. The maximum Gasteiger partial charge on any atom is 0.0523 e. The number of oxime groups is 1. The van der Waals surface area contributed by atoms with Gasteiger partial charge in [0.15, 0.2) is 0 Å². The third kappa shape index (κ3) is 1.93. The van der Waals surface area contributed by atoms with Crippen molar-refractivity contribution in [1.82, 2.24) is 0 Å². The molecule has 0 atom stereocenters. The van der Waals surface area contributed by atoms with Gasteiger partial charge < -0.3 is 5.21 Å². The minimum Gasteiger partial charge on any atom is -0.411 e. The second-order valence-electron chi connectivity index (χ2n) is 1.68. The number of nitrogens with zero attached hydrogens (tertiary/aromatic N) is 1. The fourth-order valence-electron chi connectivity index (χ4n) is 0.623. The molecular formula is C6H9NOS. The molecule has 0 aromatic heterocycles. The fraction of sp³-hybridized carbons (Fsp3) is 0.167. The van der Waals surface area contributed by atoms with E-state index in [0.717, 1.165) is 5.75 Å². The smallest absolute Gasteiger partial charge is 0.0523 e. The highest BCUT2D eigenvalue weighted by molar-refractivity contribution is 8.22. The largest absolute Gasteiger partial charge is 0.411 e. The lowest BCUT2D eigenvalue weighted by Crippen LogP contribution is -1.81. The Morgan fingerprint density at radius 3 is 2.67 bits per heavy atom. The van der Waals surface area contributed by atoms with Crippen LogP contribution in [-0.4, -0.2) is 17.2 Å². The molecule has 0 bridgehead atoms. The molecule has 0 spiro atoms. The first-order chi connectivity index (χ1) is 4.43. The SMILES string of the molecule is ON=CC[SH]1C=CC=C1. The number of hydrogen-bond donors (Lipinski definition) is 2. The quantitative estimate of drug-likeness (QED) is 0.261. The van der Waals surface area contributed by atoms with E-state index in [1.54, 1.807) is 0 Å². The van der Waals surface area contributed by atoms with Crippen LogP contribution in [0.1, 0.15) is 0 Å². The number of hydrogen-bond acceptors (Lipinski definition) is 2. The molecule has 0 fully saturated rings. The van der Waals surface area contributed by atoms with Crippen LogP contribution in [0.2, 0.25) is 0 Å². The van der Waals surface area contributed by atoms with Crippen molar-refractivity contribution in [3.63, 3.8) is 0 Å². The van der Waals surface area contributed by atoms with E-state index in [4.69, 9.17) is 5.21 Å². The average molecular weight is 143 g/mol. The van der Waals surface area contributed by atoms with Crippen molar-refractivity contribution in [2.75, 3.05) is 5.75 Å². The van der Waals surface area contributed by atoms with E-state index in [1.807, 2.05) is 12.2 Å². The molecule has 0 saturated heterocycles. The van der Waals surface area contributed by atoms with E-state index in [2.05, 4.69) is 16.0 Å². The van der Waals surface area contributed by atoms with E-state index in [1.165, 1.54) is 6.21 Å². The van der Waals surface area contributed by atoms with Crippen LogP contribution in [0, 0.1) is 0 Å². The van der Waals surface area contributed by atoms with Crippen LogP contribution in [0.3, 0.4) is 0 Å². The van der Waals surface area contributed by atoms with Gasteiger partial charge in [-0.25, -0.2) is 10.9 Å². The fourth-order valence-corrected chi connectivity index (χ4v) is 1.87. The second kappa shape index (κ2) is 3.35. The summed E-state index contributed by atoms with van der Waals surface area (Å²) in [6.45, 7) is 0. The Morgan fingerprint density at radius 2 is 2.11 bits per heavy atom. The summed E-state index contributed by atoms with van der Waals surface area (Å²) < 4.78 is 0. The number of allylic oxidation sites excluding steroid dienone is 2. The third-order valence-corrected chi connectivity index (χ3v) is 2.74. The topological polar surface area (TPSA) is 32.6 Å². The first-order valence-electron chi connectivity index (χ1n) is 2.70. The molecule has 0 aliphatic carbocycles. The van der Waals surface area contributed by atoms with Crippen LogP contribution in [0.4, 0.5) is 0 Å². The molecular weight excluding hydrogens is 134 g/mol. The summed E-state index contributed by atoms with van der Waals surface area (Å²) in [5.41, 5.74) is 0. The van der Waals surface area contributed by atoms with Crippen LogP contribution < -0.4 is 0 Å². The minimum atomic E-state index is -0.121. The molecule has 1 rings (SSSR count). The van der Waals surface area contributed by atoms with Gasteiger partial charge in [-0.3, -0.25) is 0 Å². The lowest BCUT2D eigenvalue weighted by Gasteiger charge is -2.01. The Kier molecular flexibility index (Phi) is 2.39. The summed E-state index contributed by atoms with van der Waals surface area (Å²) in [5.74, 6) is 0.860. The van der Waals surface area contributed by atoms with E-state index in [-0.39, 0.29) is 10.9 Å². The maximum atomic E-state index is 8.06. The monoisotopic (exact) mass is 143 g/mol. The Bertz CT molecular complexity index is 150. The first kappa shape index (κ1) is 6.42. The van der Waals surface area contributed by atoms with Gasteiger partial charge in [0.05, 0.1) is 6.21 Å². The Morgan fingerprint density at radius 1 is 1.44 bits per heavy atom. The zero-order valence-electron chi connectivity index (χ0n) is 4.94. The Balaban J connectivity index is 2.29. The lowest BCUT2D eigenvalue weighted by atomic mass is 10.6. The van der Waals surface area contributed by atoms with E-state index >= 15 is 0 Å². The van der Waals surface area contributed by atoms with Crippen LogP contribution in [0.5, 0.6) is 0 Å². The van der Waals surface area contributed by atoms with Crippen LogP contribution in [0.25, 0.3) is 0 Å². The zero-order valence-corrected chi connectivity index (χ0v) is 5.83. The van der Waals surface area contributed by atoms with Gasteiger partial charge in [0.2, 0.25) is 0 Å². The van der Waals surface area contributed by atoms with E-state index < -0.39 is 0 Å². The molecule has 0 aromatic carbocycles. The van der Waals surface area contributed by atoms with Gasteiger partial charge in [0.25, 0.3) is 0 Å². The Labute approximate surface area is 56.9 Å². The highest BCUT2D eigenvalue weighted by Crippen LogP contribution is 2.30. The summed E-state index contributed by atoms with van der Waals surface area (Å²) >= 11 is 0. The highest BCUT2D eigenvalue weighted by Gasteiger charge is 1.94. The summed E-state index contributed by atoms with van der Waals surface area (Å²) in [7, 11) is -0.121. The summed E-state index contributed by atoms with van der Waals surface area (Å²) in [4.78, 5) is 0. The van der Waals surface area contributed by atoms with Crippen LogP contribution >= 0.6 is 10.9 Å². The maximum absolute atomic E-state index is 8.06. The van der Waals surface area contributed by atoms with Crippen molar-refractivity contribution in [3.8, 4) is 0 Å². The highest BCUT2D eigenvalue weighted by atomic mass is 32.2. The molecule has 0 saturated carbocycles. The number of rotatable bonds is 2. The van der Waals surface area contributed by atoms with Crippen molar-refractivity contribution in [2.45, 2.75) is 0 Å². The number of thiol groups is 1. The van der Waals surface area contributed by atoms with Crippen molar-refractivity contribution >= 4 is 17.1 Å². The minimum absolute atomic E-state index is 0.121. The first-order valence-corrected chi connectivity index (χ1v) is 4.36. The molecule has 0 amide bonds. The zero-order chi connectivity index (χ0) is 6.53. The molecule has 0 radical (unpaired) electrons. The predicted molar refractivity (Wildman–Crippen MR) is 42.4 cm³/mol. The molecule has 50 valence electrons. The average Bonchev–Trinajstić information content (AvgIpc) is 2.34. The van der Waals surface area contributed by atoms with Gasteiger partial charge in [0, 0.05) is 5.75 Å². The molecule has 0 unspecified atom stereocenters. The summed E-state index contributed by atoms with van der Waals surface area (Å²) in [6.07, 6.45) is 5.58. The third-order valence-electron chi connectivity index (χ3n) is 1.04. The van der Waals surface area contributed by atoms with Gasteiger partial charge in [-0.1, -0.05) is 12.2 Å². The van der Waals surface area contributed by atoms with Gasteiger partial charge >= 0.3 is 0 Å². The van der Waals surface area contributed by atoms with Crippen molar-refractivity contribution in [3.05, 3.63) is 23.0 Å². The normalized spacial score (nSPS) is 20.2. The van der Waals surface area contributed by atoms with Crippen LogP contribution in [-0.2, 0) is 0 Å². The molecule has 2 nitrogen and oxygen atoms in total. The lowest BCUT2D eigenvalue weighted by molar-refractivity contribution is 0.321. The summed E-state index contributed by atoms with van der Waals surface area (Å²) in [6, 6.07) is 0. The molecule has 1 N–H and O–H groups in total. The van der Waals surface area contributed by atoms with Crippen molar-refractivity contribution in [1.29, 1.82) is 0 Å². The molecule has 1 heterocycles. The van der Waals surface area contributed by atoms with Crippen molar-refractivity contribution in [2.24, 2.45) is 5.16 Å². The van der Waals surface area contributed by atoms with Gasteiger partial charge in [0.1, 0.15) is 0 Å². The molecule has 1 aliphatic rings. The predicted octanol–water partition coefficient (Wildman–Crippen LogP) is 1.49.